The maximum atomic E-state index is 12.5. The molecule has 1 saturated heterocycles. The highest BCUT2D eigenvalue weighted by atomic mass is 16.4. The molecule has 108 valence electrons. The second kappa shape index (κ2) is 5.35. The van der Waals surface area contributed by atoms with E-state index < -0.39 is 12.0 Å². The summed E-state index contributed by atoms with van der Waals surface area (Å²) < 4.78 is 1.62. The summed E-state index contributed by atoms with van der Waals surface area (Å²) in [5.41, 5.74) is 0.945. The Labute approximate surface area is 120 Å². The minimum atomic E-state index is -0.968. The highest BCUT2D eigenvalue weighted by molar-refractivity contribution is 5.95. The van der Waals surface area contributed by atoms with Crippen molar-refractivity contribution < 1.29 is 14.7 Å². The fourth-order valence-electron chi connectivity index (χ4n) is 2.51. The van der Waals surface area contributed by atoms with Crippen molar-refractivity contribution in [2.75, 3.05) is 6.54 Å². The molecule has 0 aromatic carbocycles. The van der Waals surface area contributed by atoms with Crippen molar-refractivity contribution in [1.82, 2.24) is 19.7 Å². The molecule has 1 N–H and O–H groups in total. The van der Waals surface area contributed by atoms with Gasteiger partial charge >= 0.3 is 5.97 Å². The summed E-state index contributed by atoms with van der Waals surface area (Å²) in [6.07, 6.45) is 6.11. The highest BCUT2D eigenvalue weighted by Crippen LogP contribution is 2.20. The van der Waals surface area contributed by atoms with Gasteiger partial charge in [0.05, 0.1) is 5.69 Å². The van der Waals surface area contributed by atoms with Gasteiger partial charge in [-0.15, -0.1) is 0 Å². The standard InChI is InChI=1S/C14H14N4O3/c19-13(17-7-1-3-12(17)14(20)21)11-9-10(4-6-15-11)18-8-2-5-16-18/h2,4-6,8-9,12H,1,3,7H2,(H,20,21)/t12-/m0/s1. The molecular formula is C14H14N4O3. The summed E-state index contributed by atoms with van der Waals surface area (Å²) in [6, 6.07) is 4.38. The number of hydrogen-bond acceptors (Lipinski definition) is 4. The first-order valence-corrected chi connectivity index (χ1v) is 6.66. The number of nitrogens with zero attached hydrogens (tertiary/aromatic N) is 4. The van der Waals surface area contributed by atoms with E-state index in [0.717, 1.165) is 0 Å². The van der Waals surface area contributed by atoms with Gasteiger partial charge in [-0.3, -0.25) is 9.78 Å². The number of pyridine rings is 1. The number of carbonyl (C=O) groups is 2. The van der Waals surface area contributed by atoms with Crippen LogP contribution in [0, 0.1) is 0 Å². The molecule has 0 aliphatic carbocycles. The topological polar surface area (TPSA) is 88.3 Å². The average Bonchev–Trinajstić information content (AvgIpc) is 3.17. The second-order valence-electron chi connectivity index (χ2n) is 4.84. The van der Waals surface area contributed by atoms with Gasteiger partial charge in [0, 0.05) is 25.1 Å². The van der Waals surface area contributed by atoms with Crippen LogP contribution in [0.2, 0.25) is 0 Å². The molecule has 1 atom stereocenters. The molecule has 2 aromatic rings. The Hall–Kier alpha value is -2.70. The maximum Gasteiger partial charge on any atom is 0.326 e. The van der Waals surface area contributed by atoms with E-state index in [9.17, 15) is 9.59 Å². The summed E-state index contributed by atoms with van der Waals surface area (Å²) in [6.45, 7) is 0.448. The number of hydrogen-bond donors (Lipinski definition) is 1. The number of carbonyl (C=O) groups excluding carboxylic acids is 1. The van der Waals surface area contributed by atoms with Crippen LogP contribution < -0.4 is 0 Å². The molecule has 0 radical (unpaired) electrons. The van der Waals surface area contributed by atoms with E-state index >= 15 is 0 Å². The van der Waals surface area contributed by atoms with Gasteiger partial charge in [0.2, 0.25) is 0 Å². The van der Waals surface area contributed by atoms with Gasteiger partial charge in [-0.2, -0.15) is 5.10 Å². The van der Waals surface area contributed by atoms with Crippen molar-refractivity contribution >= 4 is 11.9 Å². The van der Waals surface area contributed by atoms with Gasteiger partial charge in [-0.25, -0.2) is 9.48 Å². The van der Waals surface area contributed by atoms with Gasteiger partial charge in [0.25, 0.3) is 5.91 Å². The van der Waals surface area contributed by atoms with Crippen molar-refractivity contribution in [1.29, 1.82) is 0 Å². The van der Waals surface area contributed by atoms with Crippen molar-refractivity contribution in [2.45, 2.75) is 18.9 Å². The SMILES string of the molecule is O=C(O)[C@@H]1CCCN1C(=O)c1cc(-n2cccn2)ccn1. The van der Waals surface area contributed by atoms with Gasteiger partial charge in [0.1, 0.15) is 11.7 Å². The van der Waals surface area contributed by atoms with Crippen molar-refractivity contribution in [3.05, 3.63) is 42.5 Å². The first-order valence-electron chi connectivity index (χ1n) is 6.66. The number of amides is 1. The molecule has 21 heavy (non-hydrogen) atoms. The Morgan fingerprint density at radius 2 is 2.19 bits per heavy atom. The third kappa shape index (κ3) is 2.49. The van der Waals surface area contributed by atoms with Gasteiger partial charge < -0.3 is 10.0 Å². The molecule has 0 saturated carbocycles. The number of aromatic nitrogens is 3. The van der Waals surface area contributed by atoms with Crippen LogP contribution in [0.15, 0.2) is 36.8 Å². The molecule has 0 spiro atoms. The fourth-order valence-corrected chi connectivity index (χ4v) is 2.51. The zero-order valence-electron chi connectivity index (χ0n) is 11.2. The molecule has 0 bridgehead atoms. The monoisotopic (exact) mass is 286 g/mol. The summed E-state index contributed by atoms with van der Waals surface area (Å²) >= 11 is 0. The number of likely N-dealkylation sites (tertiary alicyclic amines) is 1. The normalized spacial score (nSPS) is 17.9. The molecule has 3 rings (SSSR count). The molecular weight excluding hydrogens is 272 g/mol. The van der Waals surface area contributed by atoms with Crippen molar-refractivity contribution in [2.24, 2.45) is 0 Å². The van der Waals surface area contributed by atoms with E-state index in [0.29, 0.717) is 25.1 Å². The Balaban J connectivity index is 1.88. The number of carboxylic acids is 1. The first kappa shape index (κ1) is 13.3. The molecule has 1 amide bonds. The van der Waals surface area contributed by atoms with E-state index in [1.54, 1.807) is 35.3 Å². The average molecular weight is 286 g/mol. The Kier molecular flexibility index (Phi) is 3.39. The van der Waals surface area contributed by atoms with Crippen LogP contribution in [-0.2, 0) is 4.79 Å². The van der Waals surface area contributed by atoms with Gasteiger partial charge in [-0.1, -0.05) is 0 Å². The highest BCUT2D eigenvalue weighted by Gasteiger charge is 2.34. The van der Waals surface area contributed by atoms with Crippen molar-refractivity contribution in [3.8, 4) is 5.69 Å². The molecule has 7 heteroatoms. The van der Waals surface area contributed by atoms with E-state index in [-0.39, 0.29) is 11.6 Å². The largest absolute Gasteiger partial charge is 0.480 e. The summed E-state index contributed by atoms with van der Waals surface area (Å²) in [5, 5.41) is 13.3. The Morgan fingerprint density at radius 3 is 2.90 bits per heavy atom. The lowest BCUT2D eigenvalue weighted by Gasteiger charge is -2.21. The van der Waals surface area contributed by atoms with Gasteiger partial charge in [-0.05, 0) is 31.0 Å². The molecule has 2 aromatic heterocycles. The van der Waals surface area contributed by atoms with Crippen LogP contribution in [0.5, 0.6) is 0 Å². The minimum absolute atomic E-state index is 0.233. The second-order valence-corrected chi connectivity index (χ2v) is 4.84. The number of aliphatic carboxylic acids is 1. The molecule has 0 unspecified atom stereocenters. The molecule has 1 fully saturated rings. The lowest BCUT2D eigenvalue weighted by atomic mass is 10.2. The van der Waals surface area contributed by atoms with E-state index in [1.165, 1.54) is 11.1 Å². The van der Waals surface area contributed by atoms with Crippen molar-refractivity contribution in [3.63, 3.8) is 0 Å². The lowest BCUT2D eigenvalue weighted by Crippen LogP contribution is -2.40. The minimum Gasteiger partial charge on any atom is -0.480 e. The number of rotatable bonds is 3. The summed E-state index contributed by atoms with van der Waals surface area (Å²) in [4.78, 5) is 29.1. The smallest absolute Gasteiger partial charge is 0.326 e. The molecule has 3 heterocycles. The third-order valence-corrected chi connectivity index (χ3v) is 3.53. The number of carboxylic acid groups (broad SMARTS) is 1. The van der Waals surface area contributed by atoms with E-state index in [4.69, 9.17) is 5.11 Å². The predicted molar refractivity (Wildman–Crippen MR) is 73.1 cm³/mol. The van der Waals surface area contributed by atoms with Crippen LogP contribution in [0.3, 0.4) is 0 Å². The third-order valence-electron chi connectivity index (χ3n) is 3.53. The molecule has 1 aliphatic rings. The van der Waals surface area contributed by atoms with Crippen LogP contribution in [0.25, 0.3) is 5.69 Å². The maximum absolute atomic E-state index is 12.5. The molecule has 1 aliphatic heterocycles. The summed E-state index contributed by atoms with van der Waals surface area (Å²) in [7, 11) is 0. The zero-order chi connectivity index (χ0) is 14.8. The quantitative estimate of drug-likeness (QED) is 0.907. The van der Waals surface area contributed by atoms with Crippen LogP contribution >= 0.6 is 0 Å². The van der Waals surface area contributed by atoms with Crippen LogP contribution in [-0.4, -0.2) is 49.2 Å². The fraction of sp³-hybridized carbons (Fsp3) is 0.286. The Bertz CT molecular complexity index is 669. The van der Waals surface area contributed by atoms with Crippen LogP contribution in [0.4, 0.5) is 0 Å². The van der Waals surface area contributed by atoms with E-state index in [1.807, 2.05) is 0 Å². The summed E-state index contributed by atoms with van der Waals surface area (Å²) in [5.74, 6) is -1.32. The molecule has 7 nitrogen and oxygen atoms in total. The zero-order valence-corrected chi connectivity index (χ0v) is 11.2. The van der Waals surface area contributed by atoms with Crippen LogP contribution in [0.1, 0.15) is 23.3 Å². The predicted octanol–water partition coefficient (Wildman–Crippen LogP) is 0.957. The lowest BCUT2D eigenvalue weighted by molar-refractivity contribution is -0.141. The Morgan fingerprint density at radius 1 is 1.33 bits per heavy atom. The van der Waals surface area contributed by atoms with E-state index in [2.05, 4.69) is 10.1 Å². The van der Waals surface area contributed by atoms with Gasteiger partial charge in [0.15, 0.2) is 0 Å². The first-order chi connectivity index (χ1) is 10.2.